The molecule has 1 heterocycles. The molecule has 0 unspecified atom stereocenters. The van der Waals surface area contributed by atoms with Gasteiger partial charge in [0.15, 0.2) is 5.13 Å². The number of hydrogen-bond acceptors (Lipinski definition) is 4. The molecule has 2 aliphatic rings. The van der Waals surface area contributed by atoms with E-state index < -0.39 is 17.8 Å². The van der Waals surface area contributed by atoms with Crippen LogP contribution in [0, 0.1) is 30.6 Å². The molecule has 0 radical (unpaired) electrons. The number of aromatic nitrogens is 1. The summed E-state index contributed by atoms with van der Waals surface area (Å²) in [7, 11) is 0. The maximum absolute atomic E-state index is 12.3. The SMILES string of the molecule is Cc1csc(NC(=O)[C@@H]2[C@H](C(=O)O)[C@@H]3C=C[C@H]2C3)n1. The van der Waals surface area contributed by atoms with Crippen molar-refractivity contribution in [1.82, 2.24) is 4.98 Å². The third-order valence-corrected chi connectivity index (χ3v) is 4.77. The molecule has 2 aliphatic carbocycles. The number of carboxylic acids is 1. The van der Waals surface area contributed by atoms with E-state index in [9.17, 15) is 14.7 Å². The molecule has 5 nitrogen and oxygen atoms in total. The Balaban J connectivity index is 1.79. The average Bonchev–Trinajstić information content (AvgIpc) is 3.03. The van der Waals surface area contributed by atoms with Crippen LogP contribution in [-0.4, -0.2) is 22.0 Å². The molecular weight excluding hydrogens is 264 g/mol. The number of aliphatic carboxylic acids is 1. The first-order valence-electron chi connectivity index (χ1n) is 6.20. The van der Waals surface area contributed by atoms with Crippen molar-refractivity contribution in [1.29, 1.82) is 0 Å². The Morgan fingerprint density at radius 1 is 1.37 bits per heavy atom. The van der Waals surface area contributed by atoms with Gasteiger partial charge in [-0.25, -0.2) is 4.98 Å². The third-order valence-electron chi connectivity index (χ3n) is 3.90. The van der Waals surface area contributed by atoms with Crippen LogP contribution in [0.5, 0.6) is 0 Å². The first-order valence-corrected chi connectivity index (χ1v) is 7.08. The molecule has 1 saturated carbocycles. The Kier molecular flexibility index (Phi) is 2.89. The summed E-state index contributed by atoms with van der Waals surface area (Å²) in [6.45, 7) is 1.85. The maximum Gasteiger partial charge on any atom is 0.307 e. The number of allylic oxidation sites excluding steroid dienone is 2. The highest BCUT2D eigenvalue weighted by molar-refractivity contribution is 7.13. The number of anilines is 1. The Bertz CT molecular complexity index is 566. The molecular formula is C13H14N2O3S. The van der Waals surface area contributed by atoms with E-state index in [1.807, 2.05) is 24.5 Å². The molecule has 19 heavy (non-hydrogen) atoms. The van der Waals surface area contributed by atoms with E-state index >= 15 is 0 Å². The van der Waals surface area contributed by atoms with Crippen molar-refractivity contribution in [3.63, 3.8) is 0 Å². The predicted molar refractivity (Wildman–Crippen MR) is 70.8 cm³/mol. The molecule has 6 heteroatoms. The summed E-state index contributed by atoms with van der Waals surface area (Å²) in [5, 5.41) is 14.4. The Labute approximate surface area is 114 Å². The molecule has 3 rings (SSSR count). The Hall–Kier alpha value is -1.69. The van der Waals surface area contributed by atoms with Crippen molar-refractivity contribution >= 4 is 28.3 Å². The second-order valence-corrected chi connectivity index (χ2v) is 5.98. The van der Waals surface area contributed by atoms with Gasteiger partial charge in [0.25, 0.3) is 0 Å². The van der Waals surface area contributed by atoms with Crippen LogP contribution < -0.4 is 5.32 Å². The molecule has 1 amide bonds. The minimum atomic E-state index is -0.882. The van der Waals surface area contributed by atoms with Gasteiger partial charge in [0, 0.05) is 5.38 Å². The van der Waals surface area contributed by atoms with Gasteiger partial charge < -0.3 is 10.4 Å². The normalized spacial score (nSPS) is 31.6. The van der Waals surface area contributed by atoms with Crippen molar-refractivity contribution < 1.29 is 14.7 Å². The first kappa shape index (κ1) is 12.3. The third kappa shape index (κ3) is 2.06. The number of carbonyl (C=O) groups excluding carboxylic acids is 1. The van der Waals surface area contributed by atoms with E-state index in [1.54, 1.807) is 0 Å². The van der Waals surface area contributed by atoms with Crippen LogP contribution in [0.3, 0.4) is 0 Å². The first-order chi connectivity index (χ1) is 9.06. The Morgan fingerprint density at radius 3 is 2.63 bits per heavy atom. The smallest absolute Gasteiger partial charge is 0.307 e. The van der Waals surface area contributed by atoms with Crippen LogP contribution in [-0.2, 0) is 9.59 Å². The van der Waals surface area contributed by atoms with Gasteiger partial charge in [-0.15, -0.1) is 11.3 Å². The second-order valence-electron chi connectivity index (χ2n) is 5.12. The lowest BCUT2D eigenvalue weighted by Gasteiger charge is -2.23. The zero-order chi connectivity index (χ0) is 13.6. The zero-order valence-electron chi connectivity index (χ0n) is 10.4. The number of amides is 1. The lowest BCUT2D eigenvalue weighted by atomic mass is 9.82. The molecule has 0 aromatic carbocycles. The molecule has 1 aromatic rings. The van der Waals surface area contributed by atoms with E-state index in [4.69, 9.17) is 0 Å². The fourth-order valence-electron chi connectivity index (χ4n) is 3.12. The van der Waals surface area contributed by atoms with E-state index in [1.165, 1.54) is 11.3 Å². The monoisotopic (exact) mass is 278 g/mol. The van der Waals surface area contributed by atoms with Crippen LogP contribution in [0.15, 0.2) is 17.5 Å². The van der Waals surface area contributed by atoms with Gasteiger partial charge >= 0.3 is 5.97 Å². The predicted octanol–water partition coefficient (Wildman–Crippen LogP) is 1.91. The standard InChI is InChI=1S/C13H14N2O3S/c1-6-5-19-13(14-6)15-11(16)9-7-2-3-8(4-7)10(9)12(17)18/h2-3,5,7-10H,4H2,1H3,(H,17,18)(H,14,15,16)/t7-,8+,9-,10+/m0/s1. The quantitative estimate of drug-likeness (QED) is 0.828. The molecule has 0 spiro atoms. The second kappa shape index (κ2) is 4.45. The van der Waals surface area contributed by atoms with Crippen LogP contribution in [0.25, 0.3) is 0 Å². The average molecular weight is 278 g/mol. The summed E-state index contributed by atoms with van der Waals surface area (Å²) in [5.41, 5.74) is 0.850. The van der Waals surface area contributed by atoms with Crippen LogP contribution >= 0.6 is 11.3 Å². The van der Waals surface area contributed by atoms with Crippen molar-refractivity contribution in [2.75, 3.05) is 5.32 Å². The molecule has 100 valence electrons. The van der Waals surface area contributed by atoms with Crippen LogP contribution in [0.4, 0.5) is 5.13 Å². The van der Waals surface area contributed by atoms with Gasteiger partial charge in [0.1, 0.15) is 0 Å². The minimum Gasteiger partial charge on any atom is -0.481 e. The number of rotatable bonds is 3. The number of hydrogen-bond donors (Lipinski definition) is 2. The van der Waals surface area contributed by atoms with Gasteiger partial charge in [0.05, 0.1) is 17.5 Å². The van der Waals surface area contributed by atoms with E-state index in [2.05, 4.69) is 10.3 Å². The van der Waals surface area contributed by atoms with E-state index in [-0.39, 0.29) is 17.7 Å². The van der Waals surface area contributed by atoms with Crippen molar-refractivity contribution in [3.8, 4) is 0 Å². The van der Waals surface area contributed by atoms with Crippen LogP contribution in [0.2, 0.25) is 0 Å². The molecule has 2 N–H and O–H groups in total. The van der Waals surface area contributed by atoms with Crippen molar-refractivity contribution in [2.45, 2.75) is 13.3 Å². The topological polar surface area (TPSA) is 79.3 Å². The molecule has 0 saturated heterocycles. The van der Waals surface area contributed by atoms with Gasteiger partial charge in [-0.3, -0.25) is 9.59 Å². The van der Waals surface area contributed by atoms with Crippen molar-refractivity contribution in [2.24, 2.45) is 23.7 Å². The lowest BCUT2D eigenvalue weighted by molar-refractivity contribution is -0.146. The zero-order valence-corrected chi connectivity index (χ0v) is 11.2. The largest absolute Gasteiger partial charge is 0.481 e. The van der Waals surface area contributed by atoms with Crippen molar-refractivity contribution in [3.05, 3.63) is 23.2 Å². The summed E-state index contributed by atoms with van der Waals surface area (Å²) < 4.78 is 0. The number of aryl methyl sites for hydroxylation is 1. The summed E-state index contributed by atoms with van der Waals surface area (Å²) >= 11 is 1.36. The summed E-state index contributed by atoms with van der Waals surface area (Å²) in [5.74, 6) is -2.14. The van der Waals surface area contributed by atoms with E-state index in [0.717, 1.165) is 12.1 Å². The van der Waals surface area contributed by atoms with Gasteiger partial charge in [-0.2, -0.15) is 0 Å². The molecule has 1 aromatic heterocycles. The summed E-state index contributed by atoms with van der Waals surface area (Å²) in [6, 6.07) is 0. The number of nitrogens with one attached hydrogen (secondary N) is 1. The highest BCUT2D eigenvalue weighted by Crippen LogP contribution is 2.48. The maximum atomic E-state index is 12.3. The summed E-state index contributed by atoms with van der Waals surface area (Å²) in [6.07, 6.45) is 4.67. The van der Waals surface area contributed by atoms with Gasteiger partial charge in [0.2, 0.25) is 5.91 Å². The fraction of sp³-hybridized carbons (Fsp3) is 0.462. The van der Waals surface area contributed by atoms with Gasteiger partial charge in [-0.1, -0.05) is 12.2 Å². The Morgan fingerprint density at radius 2 is 2.05 bits per heavy atom. The fourth-order valence-corrected chi connectivity index (χ4v) is 3.81. The number of carboxylic acid groups (broad SMARTS) is 1. The minimum absolute atomic E-state index is 0.00344. The molecule has 2 bridgehead atoms. The number of thiazole rings is 1. The lowest BCUT2D eigenvalue weighted by Crippen LogP contribution is -2.36. The number of carbonyl (C=O) groups is 2. The summed E-state index contributed by atoms with van der Waals surface area (Å²) in [4.78, 5) is 27.8. The highest BCUT2D eigenvalue weighted by atomic mass is 32.1. The van der Waals surface area contributed by atoms with Crippen LogP contribution in [0.1, 0.15) is 12.1 Å². The molecule has 0 aliphatic heterocycles. The number of nitrogens with zero attached hydrogens (tertiary/aromatic N) is 1. The molecule has 4 atom stereocenters. The highest BCUT2D eigenvalue weighted by Gasteiger charge is 2.51. The van der Waals surface area contributed by atoms with Gasteiger partial charge in [-0.05, 0) is 25.2 Å². The molecule has 1 fully saturated rings. The number of fused-ring (bicyclic) bond motifs is 2. The van der Waals surface area contributed by atoms with E-state index in [0.29, 0.717) is 5.13 Å².